The molecule has 1 aromatic heterocycles. The summed E-state index contributed by atoms with van der Waals surface area (Å²) in [5.74, 6) is 0.120. The number of urea groups is 2. The van der Waals surface area contributed by atoms with Crippen molar-refractivity contribution in [1.82, 2.24) is 20.1 Å². The second-order valence-electron chi connectivity index (χ2n) is 11.7. The van der Waals surface area contributed by atoms with Crippen molar-refractivity contribution in [2.45, 2.75) is 71.4 Å². The number of nitrogens with zero attached hydrogens (tertiary/aromatic N) is 4. The Morgan fingerprint density at radius 3 is 2.37 bits per heavy atom. The van der Waals surface area contributed by atoms with Crippen molar-refractivity contribution in [3.05, 3.63) is 53.7 Å². The highest BCUT2D eigenvalue weighted by Gasteiger charge is 2.51. The van der Waals surface area contributed by atoms with Crippen LogP contribution in [-0.2, 0) is 16.8 Å². The van der Waals surface area contributed by atoms with Crippen LogP contribution < -0.4 is 15.5 Å². The van der Waals surface area contributed by atoms with E-state index in [4.69, 9.17) is 0 Å². The van der Waals surface area contributed by atoms with E-state index >= 15 is 0 Å². The quantitative estimate of drug-likeness (QED) is 0.514. The Hall–Kier alpha value is -3.46. The molecule has 0 radical (unpaired) electrons. The smallest absolute Gasteiger partial charge is 0.332 e. The molecule has 2 N–H and O–H groups in total. The van der Waals surface area contributed by atoms with Crippen LogP contribution in [0.25, 0.3) is 0 Å². The predicted molar refractivity (Wildman–Crippen MR) is 149 cm³/mol. The standard InChI is InChI=1S/C29H40N6O3/c1-28(2,3)22-9-11-23(12-10-22)35-25(36)29(4,5)34(27(35)38)20-21-13-14-30-24(19-21)32-26(37)31-15-18-33-16-7-6-8-17-33/h9-14,19H,6-8,15-18,20H2,1-5H3,(H2,30,31,32,37). The maximum Gasteiger partial charge on any atom is 0.332 e. The molecule has 9 nitrogen and oxygen atoms in total. The summed E-state index contributed by atoms with van der Waals surface area (Å²) in [5, 5.41) is 5.66. The second-order valence-corrected chi connectivity index (χ2v) is 11.7. The lowest BCUT2D eigenvalue weighted by Crippen LogP contribution is -2.43. The first-order chi connectivity index (χ1) is 18.0. The van der Waals surface area contributed by atoms with Crippen molar-refractivity contribution in [1.29, 1.82) is 0 Å². The van der Waals surface area contributed by atoms with E-state index < -0.39 is 5.54 Å². The van der Waals surface area contributed by atoms with Crippen LogP contribution in [0.2, 0.25) is 0 Å². The van der Waals surface area contributed by atoms with Crippen molar-refractivity contribution >= 4 is 29.5 Å². The Morgan fingerprint density at radius 1 is 1.03 bits per heavy atom. The molecule has 2 aliphatic heterocycles. The van der Waals surface area contributed by atoms with E-state index in [-0.39, 0.29) is 29.9 Å². The summed E-state index contributed by atoms with van der Waals surface area (Å²) in [6, 6.07) is 10.4. The van der Waals surface area contributed by atoms with Gasteiger partial charge < -0.3 is 15.1 Å². The van der Waals surface area contributed by atoms with E-state index in [0.717, 1.165) is 30.8 Å². The van der Waals surface area contributed by atoms with E-state index in [0.29, 0.717) is 18.1 Å². The molecule has 2 saturated heterocycles. The molecular formula is C29H40N6O3. The van der Waals surface area contributed by atoms with Gasteiger partial charge in [0.2, 0.25) is 0 Å². The third kappa shape index (κ3) is 6.15. The summed E-state index contributed by atoms with van der Waals surface area (Å²) in [4.78, 5) is 48.6. The predicted octanol–water partition coefficient (Wildman–Crippen LogP) is 4.73. The number of benzene rings is 1. The molecule has 0 bridgehead atoms. The molecule has 2 fully saturated rings. The Bertz CT molecular complexity index is 1170. The lowest BCUT2D eigenvalue weighted by molar-refractivity contribution is -0.123. The monoisotopic (exact) mass is 520 g/mol. The molecule has 1 aromatic carbocycles. The molecule has 0 unspecified atom stereocenters. The number of anilines is 2. The highest BCUT2D eigenvalue weighted by Crippen LogP contribution is 2.34. The van der Waals surface area contributed by atoms with Crippen LogP contribution in [0.5, 0.6) is 0 Å². The third-order valence-electron chi connectivity index (χ3n) is 7.38. The number of rotatable bonds is 7. The van der Waals surface area contributed by atoms with Gasteiger partial charge in [0, 0.05) is 25.8 Å². The van der Waals surface area contributed by atoms with Crippen LogP contribution in [0, 0.1) is 0 Å². The first-order valence-corrected chi connectivity index (χ1v) is 13.5. The average molecular weight is 521 g/mol. The largest absolute Gasteiger partial charge is 0.337 e. The van der Waals surface area contributed by atoms with Crippen LogP contribution >= 0.6 is 0 Å². The van der Waals surface area contributed by atoms with Gasteiger partial charge in [-0.05, 0) is 80.6 Å². The number of imide groups is 1. The Balaban J connectivity index is 1.39. The Morgan fingerprint density at radius 2 is 1.71 bits per heavy atom. The molecule has 4 rings (SSSR count). The van der Waals surface area contributed by atoms with Crippen molar-refractivity contribution in [2.24, 2.45) is 0 Å². The van der Waals surface area contributed by atoms with Crippen molar-refractivity contribution in [3.8, 4) is 0 Å². The number of carbonyl (C=O) groups excluding carboxylic acids is 3. The summed E-state index contributed by atoms with van der Waals surface area (Å²) in [5.41, 5.74) is 1.40. The van der Waals surface area contributed by atoms with Crippen molar-refractivity contribution in [2.75, 3.05) is 36.4 Å². The summed E-state index contributed by atoms with van der Waals surface area (Å²) in [6.45, 7) is 13.7. The maximum atomic E-state index is 13.5. The van der Waals surface area contributed by atoms with Crippen LogP contribution in [0.4, 0.5) is 21.1 Å². The molecule has 0 atom stereocenters. The van der Waals surface area contributed by atoms with Crippen LogP contribution in [0.15, 0.2) is 42.6 Å². The average Bonchev–Trinajstić information content (AvgIpc) is 3.03. The molecule has 0 aliphatic carbocycles. The zero-order chi connectivity index (χ0) is 27.5. The molecule has 38 heavy (non-hydrogen) atoms. The number of hydrogen-bond acceptors (Lipinski definition) is 5. The highest BCUT2D eigenvalue weighted by molar-refractivity contribution is 6.22. The van der Waals surface area contributed by atoms with E-state index in [1.54, 1.807) is 37.1 Å². The number of likely N-dealkylation sites (tertiary alicyclic amines) is 1. The topological polar surface area (TPSA) is 97.9 Å². The lowest BCUT2D eigenvalue weighted by Gasteiger charge is -2.27. The highest BCUT2D eigenvalue weighted by atomic mass is 16.2. The second kappa shape index (κ2) is 11.1. The zero-order valence-electron chi connectivity index (χ0n) is 23.2. The minimum Gasteiger partial charge on any atom is -0.337 e. The van der Waals surface area contributed by atoms with Gasteiger partial charge in [-0.25, -0.2) is 19.5 Å². The molecule has 0 spiro atoms. The Kier molecular flexibility index (Phi) is 8.06. The third-order valence-corrected chi connectivity index (χ3v) is 7.38. The van der Waals surface area contributed by atoms with Crippen LogP contribution in [-0.4, -0.2) is 64.5 Å². The SMILES string of the molecule is CC(C)(C)c1ccc(N2C(=O)N(Cc3ccnc(NC(=O)NCCN4CCCCC4)c3)C(C)(C)C2=O)cc1. The molecule has 3 heterocycles. The molecular weight excluding hydrogens is 480 g/mol. The first kappa shape index (κ1) is 27.6. The van der Waals surface area contributed by atoms with Crippen molar-refractivity contribution < 1.29 is 14.4 Å². The maximum absolute atomic E-state index is 13.5. The van der Waals surface area contributed by atoms with Crippen LogP contribution in [0.3, 0.4) is 0 Å². The molecule has 9 heteroatoms. The number of piperidine rings is 1. The van der Waals surface area contributed by atoms with Crippen LogP contribution in [0.1, 0.15) is 65.0 Å². The van der Waals surface area contributed by atoms with Gasteiger partial charge in [0.1, 0.15) is 11.4 Å². The van der Waals surface area contributed by atoms with Gasteiger partial charge in [0.05, 0.1) is 5.69 Å². The minimum absolute atomic E-state index is 0.0276. The van der Waals surface area contributed by atoms with Gasteiger partial charge in [-0.15, -0.1) is 0 Å². The van der Waals surface area contributed by atoms with E-state index in [1.165, 1.54) is 24.2 Å². The van der Waals surface area contributed by atoms with Gasteiger partial charge in [0.25, 0.3) is 5.91 Å². The molecule has 5 amide bonds. The van der Waals surface area contributed by atoms with Crippen molar-refractivity contribution in [3.63, 3.8) is 0 Å². The normalized spacial score (nSPS) is 18.1. The van der Waals surface area contributed by atoms with Gasteiger partial charge >= 0.3 is 12.1 Å². The summed E-state index contributed by atoms with van der Waals surface area (Å²) in [6.07, 6.45) is 5.30. The lowest BCUT2D eigenvalue weighted by atomic mass is 9.87. The zero-order valence-corrected chi connectivity index (χ0v) is 23.2. The van der Waals surface area contributed by atoms with Gasteiger partial charge in [0.15, 0.2) is 0 Å². The fourth-order valence-electron chi connectivity index (χ4n) is 4.93. The van der Waals surface area contributed by atoms with E-state index in [9.17, 15) is 14.4 Å². The Labute approximate surface area is 225 Å². The van der Waals surface area contributed by atoms with E-state index in [1.807, 2.05) is 24.3 Å². The number of carbonyl (C=O) groups is 3. The first-order valence-electron chi connectivity index (χ1n) is 13.5. The molecule has 2 aromatic rings. The van der Waals surface area contributed by atoms with Gasteiger partial charge in [-0.3, -0.25) is 10.1 Å². The number of hydrogen-bond donors (Lipinski definition) is 2. The number of pyridine rings is 1. The fraction of sp³-hybridized carbons (Fsp3) is 0.517. The van der Waals surface area contributed by atoms with E-state index in [2.05, 4.69) is 41.3 Å². The number of nitrogens with one attached hydrogen (secondary N) is 2. The molecule has 204 valence electrons. The molecule has 2 aliphatic rings. The van der Waals surface area contributed by atoms with Gasteiger partial charge in [-0.2, -0.15) is 0 Å². The fourth-order valence-corrected chi connectivity index (χ4v) is 4.93. The van der Waals surface area contributed by atoms with Gasteiger partial charge in [-0.1, -0.05) is 39.3 Å². The summed E-state index contributed by atoms with van der Waals surface area (Å²) >= 11 is 0. The number of amides is 5. The molecule has 0 saturated carbocycles. The summed E-state index contributed by atoms with van der Waals surface area (Å²) < 4.78 is 0. The number of aromatic nitrogens is 1. The summed E-state index contributed by atoms with van der Waals surface area (Å²) in [7, 11) is 0. The minimum atomic E-state index is -1.03.